The molecule has 0 radical (unpaired) electrons. The summed E-state index contributed by atoms with van der Waals surface area (Å²) in [6.07, 6.45) is 2.46. The van der Waals surface area contributed by atoms with Crippen molar-refractivity contribution in [2.24, 2.45) is 5.73 Å². The Labute approximate surface area is 117 Å². The van der Waals surface area contributed by atoms with Crippen molar-refractivity contribution in [3.8, 4) is 5.75 Å². The predicted molar refractivity (Wildman–Crippen MR) is 79.8 cm³/mol. The third-order valence-corrected chi connectivity index (χ3v) is 2.98. The van der Waals surface area contributed by atoms with Gasteiger partial charge in [-0.15, -0.1) is 0 Å². The van der Waals surface area contributed by atoms with Crippen molar-refractivity contribution in [2.45, 2.75) is 6.42 Å². The zero-order valence-electron chi connectivity index (χ0n) is 10.7. The molecule has 19 heavy (non-hydrogen) atoms. The minimum atomic E-state index is 0.364. The molecule has 0 aliphatic heterocycles. The Morgan fingerprint density at radius 3 is 2.89 bits per heavy atom. The minimum Gasteiger partial charge on any atom is -0.497 e. The van der Waals surface area contributed by atoms with Gasteiger partial charge in [0.05, 0.1) is 13.4 Å². The van der Waals surface area contributed by atoms with E-state index >= 15 is 0 Å². The topological polar surface area (TPSA) is 60.4 Å². The van der Waals surface area contributed by atoms with Crippen LogP contribution in [-0.4, -0.2) is 18.6 Å². The second-order valence-corrected chi connectivity index (χ2v) is 4.47. The second kappa shape index (κ2) is 6.24. The molecule has 0 aliphatic carbocycles. The standard InChI is InChI=1S/C14H16N2O2S/c1-17-11-4-5-12(14(15)19)13(9-11)16-7-6-10-3-2-8-18-10/h2-5,8-9,16H,6-7H2,1H3,(H2,15,19). The van der Waals surface area contributed by atoms with E-state index in [4.69, 9.17) is 27.1 Å². The highest BCUT2D eigenvalue weighted by Gasteiger charge is 2.07. The molecule has 0 saturated carbocycles. The average molecular weight is 276 g/mol. The third kappa shape index (κ3) is 3.48. The highest BCUT2D eigenvalue weighted by Crippen LogP contribution is 2.22. The zero-order chi connectivity index (χ0) is 13.7. The van der Waals surface area contributed by atoms with Gasteiger partial charge in [-0.3, -0.25) is 0 Å². The van der Waals surface area contributed by atoms with Gasteiger partial charge < -0.3 is 20.2 Å². The van der Waals surface area contributed by atoms with Crippen molar-refractivity contribution in [3.05, 3.63) is 47.9 Å². The van der Waals surface area contributed by atoms with E-state index in [0.717, 1.165) is 35.7 Å². The number of hydrogen-bond acceptors (Lipinski definition) is 4. The van der Waals surface area contributed by atoms with Gasteiger partial charge in [0, 0.05) is 30.3 Å². The van der Waals surface area contributed by atoms with Crippen LogP contribution in [0.1, 0.15) is 11.3 Å². The maximum absolute atomic E-state index is 5.70. The molecule has 2 rings (SSSR count). The van der Waals surface area contributed by atoms with Crippen LogP contribution < -0.4 is 15.8 Å². The molecule has 0 fully saturated rings. The fraction of sp³-hybridized carbons (Fsp3) is 0.214. The molecule has 3 N–H and O–H groups in total. The Hall–Kier alpha value is -2.01. The third-order valence-electron chi connectivity index (χ3n) is 2.76. The van der Waals surface area contributed by atoms with E-state index in [1.54, 1.807) is 13.4 Å². The smallest absolute Gasteiger partial charge is 0.120 e. The van der Waals surface area contributed by atoms with E-state index in [1.807, 2.05) is 30.3 Å². The van der Waals surface area contributed by atoms with Gasteiger partial charge in [0.15, 0.2) is 0 Å². The summed E-state index contributed by atoms with van der Waals surface area (Å²) in [6, 6.07) is 9.41. The molecule has 100 valence electrons. The van der Waals surface area contributed by atoms with Gasteiger partial charge in [-0.25, -0.2) is 0 Å². The second-order valence-electron chi connectivity index (χ2n) is 4.03. The molecule has 0 amide bonds. The molecule has 1 heterocycles. The normalized spacial score (nSPS) is 10.2. The van der Waals surface area contributed by atoms with Crippen molar-refractivity contribution >= 4 is 22.9 Å². The summed E-state index contributed by atoms with van der Waals surface area (Å²) in [5.41, 5.74) is 7.39. The lowest BCUT2D eigenvalue weighted by Gasteiger charge is -2.12. The van der Waals surface area contributed by atoms with Gasteiger partial charge in [0.25, 0.3) is 0 Å². The first-order valence-corrected chi connectivity index (χ1v) is 6.35. The molecule has 4 nitrogen and oxygen atoms in total. The lowest BCUT2D eigenvalue weighted by Crippen LogP contribution is -2.14. The number of rotatable bonds is 6. The van der Waals surface area contributed by atoms with Crippen LogP contribution in [0.2, 0.25) is 0 Å². The molecule has 1 aromatic heterocycles. The maximum Gasteiger partial charge on any atom is 0.120 e. The Morgan fingerprint density at radius 1 is 1.42 bits per heavy atom. The molecule has 0 atom stereocenters. The number of ether oxygens (including phenoxy) is 1. The molecule has 1 aromatic carbocycles. The average Bonchev–Trinajstić information content (AvgIpc) is 2.91. The van der Waals surface area contributed by atoms with Crippen LogP contribution >= 0.6 is 12.2 Å². The van der Waals surface area contributed by atoms with E-state index in [1.165, 1.54) is 0 Å². The molecule has 0 saturated heterocycles. The van der Waals surface area contributed by atoms with Crippen molar-refractivity contribution in [1.29, 1.82) is 0 Å². The fourth-order valence-corrected chi connectivity index (χ4v) is 1.96. The lowest BCUT2D eigenvalue weighted by molar-refractivity contribution is 0.415. The summed E-state index contributed by atoms with van der Waals surface area (Å²) in [4.78, 5) is 0.364. The van der Waals surface area contributed by atoms with Crippen molar-refractivity contribution < 1.29 is 9.15 Å². The number of nitrogens with two attached hydrogens (primary N) is 1. The number of anilines is 1. The monoisotopic (exact) mass is 276 g/mol. The number of methoxy groups -OCH3 is 1. The zero-order valence-corrected chi connectivity index (χ0v) is 11.5. The summed E-state index contributed by atoms with van der Waals surface area (Å²) < 4.78 is 10.5. The van der Waals surface area contributed by atoms with Crippen molar-refractivity contribution in [1.82, 2.24) is 0 Å². The molecule has 5 heteroatoms. The first-order valence-electron chi connectivity index (χ1n) is 5.95. The van der Waals surface area contributed by atoms with Gasteiger partial charge >= 0.3 is 0 Å². The van der Waals surface area contributed by atoms with Crippen molar-refractivity contribution in [2.75, 3.05) is 19.0 Å². The molecule has 2 aromatic rings. The quantitative estimate of drug-likeness (QED) is 0.794. The summed E-state index contributed by atoms with van der Waals surface area (Å²) in [7, 11) is 1.63. The molecule has 0 unspecified atom stereocenters. The molecule has 0 spiro atoms. The van der Waals surface area contributed by atoms with E-state index in [0.29, 0.717) is 4.99 Å². The summed E-state index contributed by atoms with van der Waals surface area (Å²) in [5, 5.41) is 3.30. The van der Waals surface area contributed by atoms with Crippen LogP contribution in [0.15, 0.2) is 41.0 Å². The van der Waals surface area contributed by atoms with Crippen LogP contribution in [0, 0.1) is 0 Å². The maximum atomic E-state index is 5.70. The molecule has 0 bridgehead atoms. The highest BCUT2D eigenvalue weighted by molar-refractivity contribution is 7.80. The van der Waals surface area contributed by atoms with E-state index in [9.17, 15) is 0 Å². The van der Waals surface area contributed by atoms with Crippen molar-refractivity contribution in [3.63, 3.8) is 0 Å². The van der Waals surface area contributed by atoms with Gasteiger partial charge in [-0.05, 0) is 24.3 Å². The van der Waals surface area contributed by atoms with Crippen LogP contribution in [-0.2, 0) is 6.42 Å². The molecular weight excluding hydrogens is 260 g/mol. The Morgan fingerprint density at radius 2 is 2.26 bits per heavy atom. The predicted octanol–water partition coefficient (Wildman–Crippen LogP) is 2.58. The number of nitrogens with one attached hydrogen (secondary N) is 1. The Bertz CT molecular complexity index is 553. The first kappa shape index (κ1) is 13.4. The molecular formula is C14H16N2O2S. The Kier molecular flexibility index (Phi) is 4.41. The van der Waals surface area contributed by atoms with Crippen LogP contribution in [0.25, 0.3) is 0 Å². The number of thiocarbonyl (C=S) groups is 1. The fourth-order valence-electron chi connectivity index (χ4n) is 1.79. The summed E-state index contributed by atoms with van der Waals surface area (Å²) >= 11 is 5.04. The van der Waals surface area contributed by atoms with Gasteiger partial charge in [-0.1, -0.05) is 12.2 Å². The SMILES string of the molecule is COc1ccc(C(N)=S)c(NCCc2ccco2)c1. The van der Waals surface area contributed by atoms with Crippen LogP contribution in [0.4, 0.5) is 5.69 Å². The summed E-state index contributed by atoms with van der Waals surface area (Å²) in [6.45, 7) is 0.732. The van der Waals surface area contributed by atoms with Crippen LogP contribution in [0.5, 0.6) is 5.75 Å². The number of hydrogen-bond donors (Lipinski definition) is 2. The van der Waals surface area contributed by atoms with Gasteiger partial charge in [0.1, 0.15) is 16.5 Å². The summed E-state index contributed by atoms with van der Waals surface area (Å²) in [5.74, 6) is 1.70. The Balaban J connectivity index is 2.06. The number of benzene rings is 1. The first-order chi connectivity index (χ1) is 9.20. The van der Waals surface area contributed by atoms with E-state index in [-0.39, 0.29) is 0 Å². The number of furan rings is 1. The van der Waals surface area contributed by atoms with Crippen LogP contribution in [0.3, 0.4) is 0 Å². The largest absolute Gasteiger partial charge is 0.497 e. The van der Waals surface area contributed by atoms with E-state index < -0.39 is 0 Å². The van der Waals surface area contributed by atoms with E-state index in [2.05, 4.69) is 5.32 Å². The van der Waals surface area contributed by atoms with Gasteiger partial charge in [0.2, 0.25) is 0 Å². The highest BCUT2D eigenvalue weighted by atomic mass is 32.1. The minimum absolute atomic E-state index is 0.364. The van der Waals surface area contributed by atoms with Gasteiger partial charge in [-0.2, -0.15) is 0 Å². The molecule has 0 aliphatic rings. The lowest BCUT2D eigenvalue weighted by atomic mass is 10.1.